The Hall–Kier alpha value is -1.09. The van der Waals surface area contributed by atoms with Gasteiger partial charge in [0.15, 0.2) is 0 Å². The van der Waals surface area contributed by atoms with Gasteiger partial charge in [0.25, 0.3) is 6.17 Å². The number of amidine groups is 1. The second kappa shape index (κ2) is 4.23. The summed E-state index contributed by atoms with van der Waals surface area (Å²) in [6.07, 6.45) is -11.1. The SMILES string of the molecule is CC1=NCCN1C(F)(F)C(F)C(F)(F)C(F)(F)F. The summed E-state index contributed by atoms with van der Waals surface area (Å²) in [7, 11) is 0. The van der Waals surface area contributed by atoms with E-state index in [1.807, 2.05) is 0 Å². The number of rotatable bonds is 3. The highest BCUT2D eigenvalue weighted by molar-refractivity contribution is 5.81. The molecule has 1 heterocycles. The molecule has 0 aromatic rings. The predicted octanol–water partition coefficient (Wildman–Crippen LogP) is 2.85. The molecule has 0 fully saturated rings. The van der Waals surface area contributed by atoms with Crippen LogP contribution in [-0.4, -0.2) is 48.1 Å². The van der Waals surface area contributed by atoms with Gasteiger partial charge >= 0.3 is 18.1 Å². The first-order valence-electron chi connectivity index (χ1n) is 4.67. The van der Waals surface area contributed by atoms with Gasteiger partial charge in [0, 0.05) is 6.54 Å². The Labute approximate surface area is 96.3 Å². The Morgan fingerprint density at radius 3 is 1.94 bits per heavy atom. The van der Waals surface area contributed by atoms with Crippen molar-refractivity contribution < 1.29 is 35.1 Å². The van der Waals surface area contributed by atoms with Crippen LogP contribution < -0.4 is 0 Å². The minimum atomic E-state index is -6.39. The summed E-state index contributed by atoms with van der Waals surface area (Å²) < 4.78 is 100. The molecule has 1 rings (SSSR count). The normalized spacial score (nSPS) is 20.1. The molecule has 1 atom stereocenters. The van der Waals surface area contributed by atoms with E-state index in [1.165, 1.54) is 0 Å². The van der Waals surface area contributed by atoms with Crippen LogP contribution in [0.2, 0.25) is 0 Å². The van der Waals surface area contributed by atoms with Gasteiger partial charge in [0.1, 0.15) is 5.84 Å². The molecule has 0 radical (unpaired) electrons. The zero-order valence-electron chi connectivity index (χ0n) is 8.91. The molecule has 0 bridgehead atoms. The van der Waals surface area contributed by atoms with Crippen LogP contribution in [0.25, 0.3) is 0 Å². The first kappa shape index (κ1) is 15.0. The van der Waals surface area contributed by atoms with E-state index < -0.39 is 36.7 Å². The third kappa shape index (κ3) is 2.24. The van der Waals surface area contributed by atoms with Crippen molar-refractivity contribution >= 4 is 5.84 Å². The fourth-order valence-electron chi connectivity index (χ4n) is 1.42. The zero-order valence-corrected chi connectivity index (χ0v) is 8.91. The minimum absolute atomic E-state index is 0.197. The molecule has 18 heavy (non-hydrogen) atoms. The second-order valence-corrected chi connectivity index (χ2v) is 3.65. The van der Waals surface area contributed by atoms with E-state index in [9.17, 15) is 35.1 Å². The molecule has 0 saturated heterocycles. The van der Waals surface area contributed by atoms with Gasteiger partial charge in [0.2, 0.25) is 0 Å². The van der Waals surface area contributed by atoms with E-state index in [2.05, 4.69) is 4.99 Å². The van der Waals surface area contributed by atoms with Gasteiger partial charge in [-0.15, -0.1) is 0 Å². The fraction of sp³-hybridized carbons (Fsp3) is 0.875. The highest BCUT2D eigenvalue weighted by atomic mass is 19.4. The van der Waals surface area contributed by atoms with Crippen LogP contribution in [0.1, 0.15) is 6.92 Å². The standard InChI is InChI=1S/C8H8F8N2/c1-4-17-2-3-18(4)7(12,13)5(9)6(10,11)8(14,15)16/h5H,2-3H2,1H3. The zero-order chi connectivity index (χ0) is 14.4. The number of halogens is 8. The van der Waals surface area contributed by atoms with E-state index in [-0.39, 0.29) is 11.4 Å². The number of nitrogens with zero attached hydrogens (tertiary/aromatic N) is 2. The molecule has 106 valence electrons. The van der Waals surface area contributed by atoms with E-state index in [0.29, 0.717) is 0 Å². The lowest BCUT2D eigenvalue weighted by Crippen LogP contribution is -2.60. The summed E-state index contributed by atoms with van der Waals surface area (Å²) >= 11 is 0. The smallest absolute Gasteiger partial charge is 0.297 e. The van der Waals surface area contributed by atoms with Crippen LogP contribution in [-0.2, 0) is 0 Å². The maximum Gasteiger partial charge on any atom is 0.456 e. The third-order valence-electron chi connectivity index (χ3n) is 2.42. The Balaban J connectivity index is 3.02. The summed E-state index contributed by atoms with van der Waals surface area (Å²) in [6, 6.07) is -4.98. The van der Waals surface area contributed by atoms with Crippen LogP contribution in [0.3, 0.4) is 0 Å². The highest BCUT2D eigenvalue weighted by Gasteiger charge is 2.71. The van der Waals surface area contributed by atoms with Gasteiger partial charge in [-0.2, -0.15) is 30.7 Å². The maximum absolute atomic E-state index is 13.3. The molecule has 0 spiro atoms. The number of aliphatic imine (C=N–C) groups is 1. The van der Waals surface area contributed by atoms with E-state index >= 15 is 0 Å². The summed E-state index contributed by atoms with van der Waals surface area (Å²) in [5.41, 5.74) is 0. The van der Waals surface area contributed by atoms with Crippen molar-refractivity contribution in [3.63, 3.8) is 0 Å². The van der Waals surface area contributed by atoms with Crippen LogP contribution in [0.15, 0.2) is 4.99 Å². The van der Waals surface area contributed by atoms with Gasteiger partial charge in [0.05, 0.1) is 6.54 Å². The van der Waals surface area contributed by atoms with E-state index in [1.54, 1.807) is 0 Å². The molecule has 10 heteroatoms. The topological polar surface area (TPSA) is 15.6 Å². The van der Waals surface area contributed by atoms with Gasteiger partial charge < -0.3 is 0 Å². The number of alkyl halides is 8. The summed E-state index contributed by atoms with van der Waals surface area (Å²) in [5, 5.41) is 0. The Morgan fingerprint density at radius 1 is 1.11 bits per heavy atom. The maximum atomic E-state index is 13.3. The van der Waals surface area contributed by atoms with Crippen LogP contribution in [0.4, 0.5) is 35.1 Å². The Bertz CT molecular complexity index is 347. The van der Waals surface area contributed by atoms with Gasteiger partial charge in [-0.05, 0) is 6.92 Å². The van der Waals surface area contributed by atoms with Crippen LogP contribution >= 0.6 is 0 Å². The molecule has 0 saturated carbocycles. The third-order valence-corrected chi connectivity index (χ3v) is 2.42. The average molecular weight is 284 g/mol. The average Bonchev–Trinajstić information content (AvgIpc) is 2.62. The monoisotopic (exact) mass is 284 g/mol. The van der Waals surface area contributed by atoms with Crippen molar-refractivity contribution in [2.45, 2.75) is 31.2 Å². The van der Waals surface area contributed by atoms with Crippen molar-refractivity contribution in [3.05, 3.63) is 0 Å². The molecule has 0 amide bonds. The van der Waals surface area contributed by atoms with Gasteiger partial charge in [-0.25, -0.2) is 4.39 Å². The quantitative estimate of drug-likeness (QED) is 0.575. The van der Waals surface area contributed by atoms with Crippen LogP contribution in [0.5, 0.6) is 0 Å². The van der Waals surface area contributed by atoms with Crippen molar-refractivity contribution in [2.24, 2.45) is 4.99 Å². The summed E-state index contributed by atoms with van der Waals surface area (Å²) in [4.78, 5) is 3.18. The fourth-order valence-corrected chi connectivity index (χ4v) is 1.42. The molecule has 0 aliphatic carbocycles. The number of hydrogen-bond acceptors (Lipinski definition) is 2. The Kier molecular flexibility index (Phi) is 3.52. The molecule has 0 aromatic carbocycles. The predicted molar refractivity (Wildman–Crippen MR) is 45.5 cm³/mol. The second-order valence-electron chi connectivity index (χ2n) is 3.65. The number of hydrogen-bond donors (Lipinski definition) is 0. The molecule has 2 nitrogen and oxygen atoms in total. The molecule has 1 aliphatic rings. The molecule has 0 aromatic heterocycles. The lowest BCUT2D eigenvalue weighted by atomic mass is 10.1. The molecule has 1 aliphatic heterocycles. The van der Waals surface area contributed by atoms with E-state index in [4.69, 9.17) is 0 Å². The van der Waals surface area contributed by atoms with Crippen molar-refractivity contribution in [2.75, 3.05) is 13.1 Å². The molecular weight excluding hydrogens is 276 g/mol. The van der Waals surface area contributed by atoms with E-state index in [0.717, 1.165) is 6.92 Å². The lowest BCUT2D eigenvalue weighted by Gasteiger charge is -2.35. The lowest BCUT2D eigenvalue weighted by molar-refractivity contribution is -0.339. The van der Waals surface area contributed by atoms with Gasteiger partial charge in [-0.3, -0.25) is 9.89 Å². The highest BCUT2D eigenvalue weighted by Crippen LogP contribution is 2.46. The Morgan fingerprint density at radius 2 is 1.61 bits per heavy atom. The first-order valence-corrected chi connectivity index (χ1v) is 4.67. The molecular formula is C8H8F8N2. The van der Waals surface area contributed by atoms with Crippen molar-refractivity contribution in [1.29, 1.82) is 0 Å². The van der Waals surface area contributed by atoms with Crippen LogP contribution in [0, 0.1) is 0 Å². The minimum Gasteiger partial charge on any atom is -0.297 e. The largest absolute Gasteiger partial charge is 0.456 e. The molecule has 1 unspecified atom stereocenters. The van der Waals surface area contributed by atoms with Crippen molar-refractivity contribution in [1.82, 2.24) is 4.90 Å². The first-order chi connectivity index (χ1) is 7.92. The van der Waals surface area contributed by atoms with Gasteiger partial charge in [-0.1, -0.05) is 0 Å². The summed E-state index contributed by atoms with van der Waals surface area (Å²) in [6.45, 7) is 0.137. The summed E-state index contributed by atoms with van der Waals surface area (Å²) in [5.74, 6) is -6.63. The molecule has 0 N–H and O–H groups in total. The van der Waals surface area contributed by atoms with Crippen molar-refractivity contribution in [3.8, 4) is 0 Å².